The third kappa shape index (κ3) is 3.69. The summed E-state index contributed by atoms with van der Waals surface area (Å²) in [6.45, 7) is 10.3. The van der Waals surface area contributed by atoms with Crippen LogP contribution in [0, 0.1) is 0 Å². The van der Waals surface area contributed by atoms with Crippen molar-refractivity contribution >= 4 is 11.8 Å². The van der Waals surface area contributed by atoms with E-state index in [9.17, 15) is 0 Å². The maximum absolute atomic E-state index is 3.80. The topological polar surface area (TPSA) is 12.0 Å². The van der Waals surface area contributed by atoms with E-state index in [4.69, 9.17) is 0 Å². The number of nitrogens with one attached hydrogen (secondary N) is 1. The molecular weight excluding hydrogens is 214 g/mol. The minimum absolute atomic E-state index is 0.342. The Hall–Kier alpha value is -0.730. The van der Waals surface area contributed by atoms with Gasteiger partial charge in [-0.3, -0.25) is 0 Å². The average molecular weight is 235 g/mol. The first-order valence-corrected chi connectivity index (χ1v) is 6.78. The van der Waals surface area contributed by atoms with E-state index < -0.39 is 0 Å². The Balaban J connectivity index is 2.80. The highest BCUT2D eigenvalue weighted by Crippen LogP contribution is 2.27. The van der Waals surface area contributed by atoms with Gasteiger partial charge in [-0.05, 0) is 31.2 Å². The van der Waals surface area contributed by atoms with E-state index in [0.29, 0.717) is 12.1 Å². The van der Waals surface area contributed by atoms with Crippen molar-refractivity contribution in [2.24, 2.45) is 0 Å². The second kappa shape index (κ2) is 6.77. The van der Waals surface area contributed by atoms with Gasteiger partial charge in [0.1, 0.15) is 0 Å². The van der Waals surface area contributed by atoms with Gasteiger partial charge in [-0.15, -0.1) is 18.3 Å². The highest BCUT2D eigenvalue weighted by molar-refractivity contribution is 7.99. The van der Waals surface area contributed by atoms with E-state index in [1.807, 2.05) is 17.8 Å². The molecule has 0 spiro atoms. The summed E-state index contributed by atoms with van der Waals surface area (Å²) in [5.41, 5.74) is 1.38. The monoisotopic (exact) mass is 235 g/mol. The second-order valence-electron chi connectivity index (χ2n) is 3.88. The van der Waals surface area contributed by atoms with E-state index in [1.165, 1.54) is 10.5 Å². The van der Waals surface area contributed by atoms with Gasteiger partial charge in [0.25, 0.3) is 0 Å². The molecule has 0 aromatic heterocycles. The quantitative estimate of drug-likeness (QED) is 0.590. The lowest BCUT2D eigenvalue weighted by Gasteiger charge is -2.20. The van der Waals surface area contributed by atoms with Gasteiger partial charge in [0.15, 0.2) is 0 Å². The number of hydrogen-bond acceptors (Lipinski definition) is 2. The van der Waals surface area contributed by atoms with Crippen LogP contribution in [0.5, 0.6) is 0 Å². The third-order valence-corrected chi connectivity index (χ3v) is 3.52. The Labute approximate surface area is 103 Å². The van der Waals surface area contributed by atoms with Gasteiger partial charge in [0, 0.05) is 17.0 Å². The minimum atomic E-state index is 0.342. The summed E-state index contributed by atoms with van der Waals surface area (Å²) in [5, 5.41) is 3.51. The molecule has 0 radical (unpaired) electrons. The van der Waals surface area contributed by atoms with Crippen LogP contribution in [0.1, 0.15) is 32.4 Å². The number of rotatable bonds is 6. The molecule has 0 aliphatic rings. The number of benzene rings is 1. The molecule has 2 unspecified atom stereocenters. The molecule has 0 bridgehead atoms. The van der Waals surface area contributed by atoms with Gasteiger partial charge in [0.2, 0.25) is 0 Å². The summed E-state index contributed by atoms with van der Waals surface area (Å²) in [4.78, 5) is 1.38. The molecule has 0 aliphatic carbocycles. The lowest BCUT2D eigenvalue weighted by atomic mass is 10.1. The largest absolute Gasteiger partial charge is 0.304 e. The minimum Gasteiger partial charge on any atom is -0.304 e. The Morgan fingerprint density at radius 3 is 2.69 bits per heavy atom. The molecule has 0 aliphatic heterocycles. The van der Waals surface area contributed by atoms with E-state index in [2.05, 4.69) is 56.9 Å². The molecule has 1 aromatic rings. The van der Waals surface area contributed by atoms with Crippen LogP contribution in [0.2, 0.25) is 0 Å². The first-order chi connectivity index (χ1) is 7.69. The van der Waals surface area contributed by atoms with Crippen LogP contribution >= 0.6 is 11.8 Å². The van der Waals surface area contributed by atoms with Crippen LogP contribution in [-0.4, -0.2) is 11.8 Å². The third-order valence-electron chi connectivity index (χ3n) is 2.55. The molecule has 0 amide bonds. The Kier molecular flexibility index (Phi) is 5.64. The molecule has 0 heterocycles. The molecule has 0 saturated carbocycles. The van der Waals surface area contributed by atoms with Gasteiger partial charge < -0.3 is 5.32 Å². The van der Waals surface area contributed by atoms with Crippen LogP contribution in [0.25, 0.3) is 0 Å². The molecular formula is C14H21NS. The first kappa shape index (κ1) is 13.3. The van der Waals surface area contributed by atoms with Crippen LogP contribution in [-0.2, 0) is 0 Å². The van der Waals surface area contributed by atoms with E-state index >= 15 is 0 Å². The SMILES string of the molecule is C=CC(C)NC(C)c1ccccc1SCC. The zero-order valence-electron chi connectivity index (χ0n) is 10.4. The highest BCUT2D eigenvalue weighted by atomic mass is 32.2. The van der Waals surface area contributed by atoms with Crippen molar-refractivity contribution in [2.75, 3.05) is 5.75 Å². The highest BCUT2D eigenvalue weighted by Gasteiger charge is 2.10. The predicted octanol–water partition coefficient (Wildman–Crippen LogP) is 4.02. The van der Waals surface area contributed by atoms with Crippen molar-refractivity contribution in [3.63, 3.8) is 0 Å². The Morgan fingerprint density at radius 1 is 1.38 bits per heavy atom. The standard InChI is InChI=1S/C14H21NS/c1-5-11(3)15-12(4)13-9-7-8-10-14(13)16-6-2/h5,7-12,15H,1,6H2,2-4H3. The van der Waals surface area contributed by atoms with Crippen LogP contribution in [0.15, 0.2) is 41.8 Å². The zero-order valence-corrected chi connectivity index (χ0v) is 11.2. The van der Waals surface area contributed by atoms with Gasteiger partial charge in [-0.2, -0.15) is 0 Å². The van der Waals surface area contributed by atoms with Crippen molar-refractivity contribution < 1.29 is 0 Å². The molecule has 16 heavy (non-hydrogen) atoms. The van der Waals surface area contributed by atoms with Gasteiger partial charge in [-0.25, -0.2) is 0 Å². The lowest BCUT2D eigenvalue weighted by molar-refractivity contribution is 0.531. The van der Waals surface area contributed by atoms with E-state index in [-0.39, 0.29) is 0 Å². The number of thioether (sulfide) groups is 1. The van der Waals surface area contributed by atoms with Crippen LogP contribution in [0.4, 0.5) is 0 Å². The maximum Gasteiger partial charge on any atom is 0.0308 e. The molecule has 0 saturated heterocycles. The fourth-order valence-corrected chi connectivity index (χ4v) is 2.57. The van der Waals surface area contributed by atoms with E-state index in [0.717, 1.165) is 5.75 Å². The lowest BCUT2D eigenvalue weighted by Crippen LogP contribution is -2.27. The Morgan fingerprint density at radius 2 is 2.06 bits per heavy atom. The fraction of sp³-hybridized carbons (Fsp3) is 0.429. The van der Waals surface area contributed by atoms with Gasteiger partial charge in [-0.1, -0.05) is 31.2 Å². The molecule has 88 valence electrons. The summed E-state index contributed by atoms with van der Waals surface area (Å²) in [5.74, 6) is 1.11. The molecule has 1 nitrogen and oxygen atoms in total. The van der Waals surface area contributed by atoms with Crippen molar-refractivity contribution in [3.8, 4) is 0 Å². The second-order valence-corrected chi connectivity index (χ2v) is 5.19. The van der Waals surface area contributed by atoms with Crippen LogP contribution in [0.3, 0.4) is 0 Å². The van der Waals surface area contributed by atoms with E-state index in [1.54, 1.807) is 0 Å². The molecule has 1 aromatic carbocycles. The zero-order chi connectivity index (χ0) is 12.0. The summed E-state index contributed by atoms with van der Waals surface area (Å²) < 4.78 is 0. The van der Waals surface area contributed by atoms with Crippen molar-refractivity contribution in [3.05, 3.63) is 42.5 Å². The van der Waals surface area contributed by atoms with Gasteiger partial charge in [0.05, 0.1) is 0 Å². The average Bonchev–Trinajstić information content (AvgIpc) is 2.30. The summed E-state index contributed by atoms with van der Waals surface area (Å²) in [6, 6.07) is 9.31. The smallest absolute Gasteiger partial charge is 0.0308 e. The maximum atomic E-state index is 3.80. The van der Waals surface area contributed by atoms with Gasteiger partial charge >= 0.3 is 0 Å². The summed E-state index contributed by atoms with van der Waals surface area (Å²) >= 11 is 1.90. The molecule has 0 fully saturated rings. The molecule has 2 heteroatoms. The number of hydrogen-bond donors (Lipinski definition) is 1. The van der Waals surface area contributed by atoms with Crippen LogP contribution < -0.4 is 5.32 Å². The summed E-state index contributed by atoms with van der Waals surface area (Å²) in [6.07, 6.45) is 1.94. The van der Waals surface area contributed by atoms with Crippen molar-refractivity contribution in [2.45, 2.75) is 37.8 Å². The van der Waals surface area contributed by atoms with Crippen molar-refractivity contribution in [1.82, 2.24) is 5.32 Å². The Bertz CT molecular complexity index is 335. The predicted molar refractivity (Wildman–Crippen MR) is 74.0 cm³/mol. The normalized spacial score (nSPS) is 14.4. The molecule has 2 atom stereocenters. The molecule has 1 rings (SSSR count). The first-order valence-electron chi connectivity index (χ1n) is 5.79. The summed E-state index contributed by atoms with van der Waals surface area (Å²) in [7, 11) is 0. The molecule has 1 N–H and O–H groups in total. The van der Waals surface area contributed by atoms with Crippen molar-refractivity contribution in [1.29, 1.82) is 0 Å². The fourth-order valence-electron chi connectivity index (χ4n) is 1.68.